The van der Waals surface area contributed by atoms with Gasteiger partial charge in [-0.15, -0.1) is 0 Å². The number of rotatable bonds is 7. The lowest BCUT2D eigenvalue weighted by Crippen LogP contribution is -2.07. The van der Waals surface area contributed by atoms with E-state index in [1.54, 1.807) is 18.2 Å². The topological polar surface area (TPSA) is 49.8 Å². The van der Waals surface area contributed by atoms with Crippen molar-refractivity contribution in [1.29, 1.82) is 0 Å². The lowest BCUT2D eigenvalue weighted by atomic mass is 10.1. The van der Waals surface area contributed by atoms with Crippen molar-refractivity contribution in [3.8, 4) is 11.3 Å². The number of hydrogen-bond donors (Lipinski definition) is 2. The molecule has 2 N–H and O–H groups in total. The minimum Gasteiger partial charge on any atom is -0.370 e. The molecule has 0 fully saturated rings. The van der Waals surface area contributed by atoms with Gasteiger partial charge in [0.2, 0.25) is 5.95 Å². The standard InChI is InChI=1S/C20H21FN4/c1-2-3-13-22-19-14-18(15-9-5-4-6-10-15)24-20(25-19)23-17-12-8-7-11-16(17)21/h4-12,14H,2-3,13H2,1H3,(H2,22,23,24,25). The Bertz CT molecular complexity index is 821. The maximum atomic E-state index is 13.9. The van der Waals surface area contributed by atoms with Gasteiger partial charge >= 0.3 is 0 Å². The number of hydrogen-bond acceptors (Lipinski definition) is 4. The molecule has 128 valence electrons. The first-order chi connectivity index (χ1) is 12.3. The summed E-state index contributed by atoms with van der Waals surface area (Å²) in [5.41, 5.74) is 2.13. The van der Waals surface area contributed by atoms with Gasteiger partial charge in [0.25, 0.3) is 0 Å². The molecule has 0 aliphatic carbocycles. The van der Waals surface area contributed by atoms with E-state index < -0.39 is 0 Å². The molecule has 0 radical (unpaired) electrons. The van der Waals surface area contributed by atoms with Crippen LogP contribution >= 0.6 is 0 Å². The Balaban J connectivity index is 1.93. The van der Waals surface area contributed by atoms with Gasteiger partial charge in [-0.3, -0.25) is 0 Å². The fraction of sp³-hybridized carbons (Fsp3) is 0.200. The van der Waals surface area contributed by atoms with Gasteiger partial charge in [0, 0.05) is 18.2 Å². The third-order valence-corrected chi connectivity index (χ3v) is 3.75. The van der Waals surface area contributed by atoms with E-state index in [0.29, 0.717) is 11.6 Å². The first-order valence-corrected chi connectivity index (χ1v) is 8.46. The summed E-state index contributed by atoms with van der Waals surface area (Å²) in [6.07, 6.45) is 2.16. The summed E-state index contributed by atoms with van der Waals surface area (Å²) < 4.78 is 13.9. The average Bonchev–Trinajstić information content (AvgIpc) is 2.64. The van der Waals surface area contributed by atoms with Crippen molar-refractivity contribution in [2.45, 2.75) is 19.8 Å². The molecule has 0 atom stereocenters. The smallest absolute Gasteiger partial charge is 0.229 e. The highest BCUT2D eigenvalue weighted by Gasteiger charge is 2.09. The van der Waals surface area contributed by atoms with Crippen molar-refractivity contribution in [2.24, 2.45) is 0 Å². The van der Waals surface area contributed by atoms with E-state index in [0.717, 1.165) is 36.5 Å². The average molecular weight is 336 g/mol. The lowest BCUT2D eigenvalue weighted by molar-refractivity contribution is 0.631. The number of nitrogens with one attached hydrogen (secondary N) is 2. The zero-order valence-electron chi connectivity index (χ0n) is 14.2. The number of para-hydroxylation sites is 1. The molecule has 2 aromatic carbocycles. The monoisotopic (exact) mass is 336 g/mol. The van der Waals surface area contributed by atoms with Gasteiger partial charge in [0.05, 0.1) is 11.4 Å². The van der Waals surface area contributed by atoms with E-state index in [2.05, 4.69) is 27.5 Å². The molecule has 0 unspecified atom stereocenters. The molecule has 0 aliphatic rings. The van der Waals surface area contributed by atoms with E-state index >= 15 is 0 Å². The Morgan fingerprint density at radius 3 is 2.48 bits per heavy atom. The van der Waals surface area contributed by atoms with Gasteiger partial charge in [-0.2, -0.15) is 4.98 Å². The molecule has 4 nitrogen and oxygen atoms in total. The fourth-order valence-corrected chi connectivity index (χ4v) is 2.43. The van der Waals surface area contributed by atoms with Crippen LogP contribution < -0.4 is 10.6 Å². The van der Waals surface area contributed by atoms with E-state index in [1.165, 1.54) is 6.07 Å². The largest absolute Gasteiger partial charge is 0.370 e. The first-order valence-electron chi connectivity index (χ1n) is 8.46. The maximum absolute atomic E-state index is 13.9. The highest BCUT2D eigenvalue weighted by Crippen LogP contribution is 2.24. The predicted octanol–water partition coefficient (Wildman–Crippen LogP) is 5.24. The zero-order valence-corrected chi connectivity index (χ0v) is 14.2. The zero-order chi connectivity index (χ0) is 17.5. The molecular weight excluding hydrogens is 315 g/mol. The second-order valence-corrected chi connectivity index (χ2v) is 5.71. The van der Waals surface area contributed by atoms with Crippen LogP contribution in [0.2, 0.25) is 0 Å². The summed E-state index contributed by atoms with van der Waals surface area (Å²) in [6.45, 7) is 2.98. The van der Waals surface area contributed by atoms with E-state index in [-0.39, 0.29) is 5.82 Å². The van der Waals surface area contributed by atoms with E-state index in [4.69, 9.17) is 0 Å². The van der Waals surface area contributed by atoms with Gasteiger partial charge in [-0.25, -0.2) is 9.37 Å². The second kappa shape index (κ2) is 8.24. The number of benzene rings is 2. The van der Waals surface area contributed by atoms with Gasteiger partial charge in [-0.05, 0) is 18.6 Å². The number of unbranched alkanes of at least 4 members (excludes halogenated alkanes) is 1. The molecule has 5 heteroatoms. The van der Waals surface area contributed by atoms with E-state index in [9.17, 15) is 4.39 Å². The summed E-state index contributed by atoms with van der Waals surface area (Å²) in [6, 6.07) is 18.3. The van der Waals surface area contributed by atoms with Crippen molar-refractivity contribution in [2.75, 3.05) is 17.2 Å². The number of halogens is 1. The van der Waals surface area contributed by atoms with Crippen LogP contribution in [0.25, 0.3) is 11.3 Å². The second-order valence-electron chi connectivity index (χ2n) is 5.71. The van der Waals surface area contributed by atoms with Gasteiger partial charge in [0.15, 0.2) is 0 Å². The van der Waals surface area contributed by atoms with Gasteiger partial charge in [-0.1, -0.05) is 55.8 Å². The third kappa shape index (κ3) is 4.53. The SMILES string of the molecule is CCCCNc1cc(-c2ccccc2)nc(Nc2ccccc2F)n1. The highest BCUT2D eigenvalue weighted by atomic mass is 19.1. The van der Waals surface area contributed by atoms with Crippen molar-refractivity contribution < 1.29 is 4.39 Å². The fourth-order valence-electron chi connectivity index (χ4n) is 2.43. The van der Waals surface area contributed by atoms with Crippen molar-refractivity contribution >= 4 is 17.5 Å². The molecule has 1 aromatic heterocycles. The van der Waals surface area contributed by atoms with Crippen LogP contribution in [0.5, 0.6) is 0 Å². The number of aromatic nitrogens is 2. The van der Waals surface area contributed by atoms with Gasteiger partial charge < -0.3 is 10.6 Å². The number of nitrogens with zero attached hydrogens (tertiary/aromatic N) is 2. The van der Waals surface area contributed by atoms with Crippen LogP contribution in [0.4, 0.5) is 21.8 Å². The summed E-state index contributed by atoms with van der Waals surface area (Å²) in [7, 11) is 0. The maximum Gasteiger partial charge on any atom is 0.229 e. The highest BCUT2D eigenvalue weighted by molar-refractivity contribution is 5.66. The van der Waals surface area contributed by atoms with Gasteiger partial charge in [0.1, 0.15) is 11.6 Å². The summed E-state index contributed by atoms with van der Waals surface area (Å²) in [5.74, 6) is 0.753. The Kier molecular flexibility index (Phi) is 5.57. The molecule has 0 bridgehead atoms. The summed E-state index contributed by atoms with van der Waals surface area (Å²) in [5, 5.41) is 6.29. The lowest BCUT2D eigenvalue weighted by Gasteiger charge is -2.11. The molecule has 3 aromatic rings. The van der Waals surface area contributed by atoms with E-state index in [1.807, 2.05) is 36.4 Å². The molecule has 0 amide bonds. The first kappa shape index (κ1) is 16.9. The van der Waals surface area contributed by atoms with Crippen molar-refractivity contribution in [1.82, 2.24) is 9.97 Å². The molecule has 1 heterocycles. The third-order valence-electron chi connectivity index (χ3n) is 3.75. The van der Waals surface area contributed by atoms with Crippen LogP contribution in [0.1, 0.15) is 19.8 Å². The molecule has 0 spiro atoms. The van der Waals surface area contributed by atoms with Crippen LogP contribution in [-0.4, -0.2) is 16.5 Å². The Hall–Kier alpha value is -2.95. The van der Waals surface area contributed by atoms with Crippen LogP contribution in [0.15, 0.2) is 60.7 Å². The summed E-state index contributed by atoms with van der Waals surface area (Å²) in [4.78, 5) is 9.01. The predicted molar refractivity (Wildman–Crippen MR) is 101 cm³/mol. The van der Waals surface area contributed by atoms with Crippen LogP contribution in [0, 0.1) is 5.82 Å². The molecule has 25 heavy (non-hydrogen) atoms. The van der Waals surface area contributed by atoms with Crippen LogP contribution in [0.3, 0.4) is 0 Å². The Morgan fingerprint density at radius 2 is 1.72 bits per heavy atom. The quantitative estimate of drug-likeness (QED) is 0.579. The normalized spacial score (nSPS) is 10.5. The molecule has 3 rings (SSSR count). The molecule has 0 aliphatic heterocycles. The summed E-state index contributed by atoms with van der Waals surface area (Å²) >= 11 is 0. The Labute approximate surface area is 147 Å². The van der Waals surface area contributed by atoms with Crippen molar-refractivity contribution in [3.63, 3.8) is 0 Å². The minimum atomic E-state index is -0.336. The Morgan fingerprint density at radius 1 is 0.960 bits per heavy atom. The minimum absolute atomic E-state index is 0.336. The number of anilines is 3. The molecule has 0 saturated carbocycles. The van der Waals surface area contributed by atoms with Crippen molar-refractivity contribution in [3.05, 3.63) is 66.5 Å². The van der Waals surface area contributed by atoms with Crippen LogP contribution in [-0.2, 0) is 0 Å². The molecule has 0 saturated heterocycles. The molecular formula is C20H21FN4.